The highest BCUT2D eigenvalue weighted by Crippen LogP contribution is 2.32. The second kappa shape index (κ2) is 9.72. The van der Waals surface area contributed by atoms with Crippen LogP contribution in [0.1, 0.15) is 11.1 Å². The maximum atomic E-state index is 12.8. The lowest BCUT2D eigenvalue weighted by atomic mass is 10.1. The van der Waals surface area contributed by atoms with Crippen molar-refractivity contribution in [1.82, 2.24) is 0 Å². The first-order valence-electron chi connectivity index (χ1n) is 11.2. The summed E-state index contributed by atoms with van der Waals surface area (Å²) in [4.78, 5) is 4.34. The van der Waals surface area contributed by atoms with Crippen LogP contribution >= 0.6 is 0 Å². The molecule has 37 heavy (non-hydrogen) atoms. The van der Waals surface area contributed by atoms with Gasteiger partial charge in [-0.05, 0) is 66.2 Å². The highest BCUT2D eigenvalue weighted by molar-refractivity contribution is 7.92. The summed E-state index contributed by atoms with van der Waals surface area (Å²) >= 11 is 0. The number of nitrogens with zero attached hydrogens (tertiary/aromatic N) is 1. The van der Waals surface area contributed by atoms with Crippen molar-refractivity contribution in [3.05, 3.63) is 108 Å². The zero-order valence-electron chi connectivity index (χ0n) is 19.2. The molecule has 4 aromatic rings. The fraction of sp³-hybridized carbons (Fsp3) is 0.0741. The molecule has 1 aliphatic rings. The lowest BCUT2D eigenvalue weighted by Crippen LogP contribution is -2.81. The van der Waals surface area contributed by atoms with E-state index in [-0.39, 0.29) is 10.6 Å². The van der Waals surface area contributed by atoms with Crippen molar-refractivity contribution < 1.29 is 31.6 Å². The normalized spacial score (nSPS) is 13.1. The third-order valence-electron chi connectivity index (χ3n) is 5.65. The molecule has 0 fully saturated rings. The average molecular weight is 525 g/mol. The van der Waals surface area contributed by atoms with Gasteiger partial charge in [0.05, 0.1) is 22.6 Å². The highest BCUT2D eigenvalue weighted by atomic mass is 32.2. The molecule has 0 saturated carbocycles. The largest absolute Gasteiger partial charge is 0.457 e. The summed E-state index contributed by atoms with van der Waals surface area (Å²) in [5, 5.41) is 1.93. The van der Waals surface area contributed by atoms with Crippen LogP contribution in [-0.4, -0.2) is 14.3 Å². The van der Waals surface area contributed by atoms with Gasteiger partial charge < -0.3 is 4.74 Å². The van der Waals surface area contributed by atoms with Gasteiger partial charge in [0.1, 0.15) is 17.2 Å². The van der Waals surface area contributed by atoms with E-state index >= 15 is 0 Å². The minimum atomic E-state index is -4.54. The van der Waals surface area contributed by atoms with E-state index in [1.165, 1.54) is 0 Å². The Labute approximate surface area is 211 Å². The predicted octanol–water partition coefficient (Wildman–Crippen LogP) is 5.78. The molecule has 6 nitrogen and oxygen atoms in total. The van der Waals surface area contributed by atoms with Gasteiger partial charge in [-0.15, -0.1) is 0 Å². The molecular weight excluding hydrogens is 503 g/mol. The van der Waals surface area contributed by atoms with Crippen molar-refractivity contribution in [3.63, 3.8) is 0 Å². The number of alkyl halides is 3. The smallest absolute Gasteiger partial charge is 0.416 e. The third-order valence-corrected chi connectivity index (χ3v) is 7.05. The van der Waals surface area contributed by atoms with Crippen LogP contribution in [-0.2, 0) is 22.6 Å². The van der Waals surface area contributed by atoms with Crippen LogP contribution in [0.4, 0.5) is 30.2 Å². The summed E-state index contributed by atoms with van der Waals surface area (Å²) in [5.41, 5.74) is 1.83. The molecule has 4 aromatic carbocycles. The molecule has 0 unspecified atom stereocenters. The van der Waals surface area contributed by atoms with Gasteiger partial charge in [-0.3, -0.25) is 10.0 Å². The molecule has 1 aliphatic heterocycles. The molecule has 0 aliphatic carbocycles. The van der Waals surface area contributed by atoms with Crippen molar-refractivity contribution >= 4 is 32.9 Å². The summed E-state index contributed by atoms with van der Waals surface area (Å²) in [6.07, 6.45) is -3.97. The van der Waals surface area contributed by atoms with E-state index in [9.17, 15) is 21.6 Å². The number of nitrogens with two attached hydrogens (primary N) is 1. The first-order chi connectivity index (χ1) is 17.7. The molecule has 0 atom stereocenters. The quantitative estimate of drug-likeness (QED) is 0.301. The van der Waals surface area contributed by atoms with Crippen LogP contribution in [0.2, 0.25) is 0 Å². The van der Waals surface area contributed by atoms with E-state index < -0.39 is 21.8 Å². The number of halogens is 3. The summed E-state index contributed by atoms with van der Waals surface area (Å²) < 4.78 is 71.9. The maximum absolute atomic E-state index is 12.8. The van der Waals surface area contributed by atoms with Crippen LogP contribution in [0.5, 0.6) is 11.5 Å². The molecule has 10 heteroatoms. The monoisotopic (exact) mass is 524 g/mol. The summed E-state index contributed by atoms with van der Waals surface area (Å²) in [6, 6.07) is 25.4. The van der Waals surface area contributed by atoms with E-state index in [1.54, 1.807) is 18.2 Å². The second-order valence-electron chi connectivity index (χ2n) is 8.38. The van der Waals surface area contributed by atoms with Crippen LogP contribution in [0.25, 0.3) is 0 Å². The molecule has 188 valence electrons. The minimum Gasteiger partial charge on any atom is -0.457 e. The van der Waals surface area contributed by atoms with Gasteiger partial charge in [-0.2, -0.15) is 18.2 Å². The van der Waals surface area contributed by atoms with Crippen molar-refractivity contribution in [2.24, 2.45) is 4.99 Å². The number of para-hydroxylation sites is 1. The Morgan fingerprint density at radius 1 is 0.838 bits per heavy atom. The summed E-state index contributed by atoms with van der Waals surface area (Å²) in [7, 11) is -4.07. The van der Waals surface area contributed by atoms with E-state index in [0.29, 0.717) is 12.1 Å². The number of nitrogens with one attached hydrogen (secondary N) is 1. The first-order valence-corrected chi connectivity index (χ1v) is 12.7. The molecule has 3 N–H and O–H groups in total. The van der Waals surface area contributed by atoms with Crippen LogP contribution in [0.3, 0.4) is 0 Å². The van der Waals surface area contributed by atoms with Crippen LogP contribution in [0.15, 0.2) is 107 Å². The number of rotatable bonds is 7. The number of sulfonamides is 1. The van der Waals surface area contributed by atoms with Gasteiger partial charge in [0.25, 0.3) is 10.0 Å². The Bertz CT molecular complexity index is 1550. The molecule has 0 aromatic heterocycles. The van der Waals surface area contributed by atoms with Crippen LogP contribution < -0.4 is 14.8 Å². The lowest BCUT2D eigenvalue weighted by Gasteiger charge is -2.10. The Morgan fingerprint density at radius 2 is 1.51 bits per heavy atom. The molecule has 1 heterocycles. The second-order valence-corrected chi connectivity index (χ2v) is 10.1. The number of fused-ring (bicyclic) bond motifs is 1. The number of ether oxygens (including phenoxy) is 1. The fourth-order valence-electron chi connectivity index (χ4n) is 3.83. The number of quaternary nitrogens is 1. The van der Waals surface area contributed by atoms with E-state index in [4.69, 9.17) is 4.74 Å². The van der Waals surface area contributed by atoms with Crippen molar-refractivity contribution in [3.8, 4) is 11.5 Å². The molecule has 0 spiro atoms. The molecule has 0 radical (unpaired) electrons. The first kappa shape index (κ1) is 24.5. The van der Waals surface area contributed by atoms with E-state index in [2.05, 4.69) is 9.71 Å². The molecular formula is C27H21F3N3O3S+. The third kappa shape index (κ3) is 5.82. The van der Waals surface area contributed by atoms with Gasteiger partial charge in [0, 0.05) is 6.07 Å². The topological polar surface area (TPSA) is 84.4 Å². The Hall–Kier alpha value is -4.15. The van der Waals surface area contributed by atoms with Gasteiger partial charge in [0.2, 0.25) is 5.84 Å². The summed E-state index contributed by atoms with van der Waals surface area (Å²) in [5.74, 6) is 2.29. The molecule has 5 rings (SSSR count). The molecule has 0 saturated heterocycles. The zero-order chi connectivity index (χ0) is 26.0. The fourth-order valence-corrected chi connectivity index (χ4v) is 4.88. The SMILES string of the molecule is O=S(=O)(Nc1ccc2c(c1)N=C(Cc1ccc(Oc3ccccc3)cc1)[NH2+]2)c1ccc(C(F)(F)F)cc1. The Balaban J connectivity index is 1.25. The van der Waals surface area contributed by atoms with Gasteiger partial charge in [-0.1, -0.05) is 30.3 Å². The Morgan fingerprint density at radius 3 is 2.19 bits per heavy atom. The lowest BCUT2D eigenvalue weighted by molar-refractivity contribution is -0.440. The molecule has 0 bridgehead atoms. The minimum absolute atomic E-state index is 0.263. The van der Waals surface area contributed by atoms with Crippen LogP contribution in [0, 0.1) is 0 Å². The Kier molecular flexibility index (Phi) is 6.45. The van der Waals surface area contributed by atoms with Crippen molar-refractivity contribution in [2.45, 2.75) is 17.5 Å². The van der Waals surface area contributed by atoms with Gasteiger partial charge in [0.15, 0.2) is 5.69 Å². The van der Waals surface area contributed by atoms with Crippen molar-refractivity contribution in [2.75, 3.05) is 4.72 Å². The van der Waals surface area contributed by atoms with E-state index in [0.717, 1.165) is 52.9 Å². The van der Waals surface area contributed by atoms with E-state index in [1.807, 2.05) is 59.9 Å². The number of hydrogen-bond donors (Lipinski definition) is 2. The summed E-state index contributed by atoms with van der Waals surface area (Å²) in [6.45, 7) is 0. The number of amidine groups is 1. The standard InChI is InChI=1S/C27H20F3N3O3S/c28-27(29,30)19-8-13-23(14-9-19)37(34,35)33-20-10-15-24-25(17-20)32-26(31-24)16-18-6-11-22(12-7-18)36-21-4-2-1-3-5-21/h1-15,17,33H,16H2,(H,31,32)/p+1. The average Bonchev–Trinajstić information content (AvgIpc) is 3.27. The van der Waals surface area contributed by atoms with Gasteiger partial charge in [-0.25, -0.2) is 8.42 Å². The number of hydrogen-bond acceptors (Lipinski definition) is 4. The maximum Gasteiger partial charge on any atom is 0.416 e. The van der Waals surface area contributed by atoms with Crippen molar-refractivity contribution in [1.29, 1.82) is 0 Å². The molecule has 0 amide bonds. The number of anilines is 1. The predicted molar refractivity (Wildman–Crippen MR) is 134 cm³/mol. The van der Waals surface area contributed by atoms with Gasteiger partial charge >= 0.3 is 6.18 Å². The number of benzene rings is 4. The zero-order valence-corrected chi connectivity index (χ0v) is 20.1. The highest BCUT2D eigenvalue weighted by Gasteiger charge is 2.30. The number of aliphatic imine (C=N–C) groups is 1.